The minimum Gasteiger partial charge on any atom is -0.480 e. The molecule has 0 radical (unpaired) electrons. The molecule has 1 aromatic carbocycles. The number of carbonyl (C=O) groups excluding carboxylic acids is 1. The molecule has 0 heterocycles. The standard InChI is InChI=1S/C19H10F6O9/c20-18(21,22)9-4-2-1-3-7(9)11(26)8-5-16(12(27)28,13(29)30)17(14(31)32,15(33)34)6-10(8)19(23,24)25/h1-6H,(H,27,28)(H,29,30)(H,31,32)(H,33,34). The molecule has 0 amide bonds. The minimum atomic E-state index is -5.83. The zero-order chi connectivity index (χ0) is 26.4. The molecule has 0 saturated carbocycles. The summed E-state index contributed by atoms with van der Waals surface area (Å²) < 4.78 is 81.2. The number of benzene rings is 1. The van der Waals surface area contributed by atoms with E-state index >= 15 is 0 Å². The summed E-state index contributed by atoms with van der Waals surface area (Å²) in [5, 5.41) is 37.7. The molecule has 1 aliphatic carbocycles. The summed E-state index contributed by atoms with van der Waals surface area (Å²) in [5.74, 6) is -13.5. The van der Waals surface area contributed by atoms with Gasteiger partial charge >= 0.3 is 36.2 Å². The molecule has 34 heavy (non-hydrogen) atoms. The van der Waals surface area contributed by atoms with Gasteiger partial charge in [0.1, 0.15) is 0 Å². The van der Waals surface area contributed by atoms with Crippen molar-refractivity contribution in [2.45, 2.75) is 12.4 Å². The number of hydrogen-bond donors (Lipinski definition) is 4. The Kier molecular flexibility index (Phi) is 6.14. The lowest BCUT2D eigenvalue weighted by Gasteiger charge is -2.39. The Balaban J connectivity index is 3.09. The van der Waals surface area contributed by atoms with Crippen LogP contribution in [0.4, 0.5) is 26.3 Å². The molecule has 0 aromatic heterocycles. The number of allylic oxidation sites excluding steroid dienone is 2. The molecular weight excluding hydrogens is 486 g/mol. The molecule has 4 N–H and O–H groups in total. The van der Waals surface area contributed by atoms with Crippen LogP contribution in [0.1, 0.15) is 15.9 Å². The molecule has 15 heteroatoms. The number of aliphatic carboxylic acids is 4. The number of alkyl halides is 6. The van der Waals surface area contributed by atoms with Gasteiger partial charge in [0.2, 0.25) is 10.8 Å². The monoisotopic (exact) mass is 496 g/mol. The molecule has 0 saturated heterocycles. The lowest BCUT2D eigenvalue weighted by molar-refractivity contribution is -0.186. The highest BCUT2D eigenvalue weighted by molar-refractivity contribution is 6.20. The second kappa shape index (κ2) is 8.00. The summed E-state index contributed by atoms with van der Waals surface area (Å²) in [6.07, 6.45) is -12.5. The summed E-state index contributed by atoms with van der Waals surface area (Å²) in [4.78, 5) is 60.1. The van der Waals surface area contributed by atoms with E-state index in [1.54, 1.807) is 0 Å². The lowest BCUT2D eigenvalue weighted by Crippen LogP contribution is -2.61. The van der Waals surface area contributed by atoms with Crippen molar-refractivity contribution in [2.24, 2.45) is 10.8 Å². The average Bonchev–Trinajstić information content (AvgIpc) is 2.69. The van der Waals surface area contributed by atoms with Crippen LogP contribution in [0.2, 0.25) is 0 Å². The summed E-state index contributed by atoms with van der Waals surface area (Å²) in [5.41, 5.74) is -16.3. The first kappa shape index (κ1) is 26.1. The van der Waals surface area contributed by atoms with Crippen molar-refractivity contribution in [1.82, 2.24) is 0 Å². The van der Waals surface area contributed by atoms with E-state index in [1.807, 2.05) is 0 Å². The van der Waals surface area contributed by atoms with Gasteiger partial charge in [-0.25, -0.2) is 0 Å². The Morgan fingerprint density at radius 2 is 1.06 bits per heavy atom. The Hall–Kier alpha value is -4.17. The van der Waals surface area contributed by atoms with Gasteiger partial charge in [0.15, 0.2) is 5.78 Å². The Morgan fingerprint density at radius 1 is 0.647 bits per heavy atom. The number of carboxylic acids is 4. The molecular formula is C19H10F6O9. The normalized spacial score (nSPS) is 17.2. The zero-order valence-electron chi connectivity index (χ0n) is 16.1. The average molecular weight is 496 g/mol. The molecule has 0 unspecified atom stereocenters. The number of ketones is 1. The van der Waals surface area contributed by atoms with Crippen LogP contribution in [0.5, 0.6) is 0 Å². The van der Waals surface area contributed by atoms with E-state index in [4.69, 9.17) is 0 Å². The largest absolute Gasteiger partial charge is 0.480 e. The van der Waals surface area contributed by atoms with Crippen LogP contribution in [0.3, 0.4) is 0 Å². The van der Waals surface area contributed by atoms with Crippen molar-refractivity contribution >= 4 is 29.7 Å². The van der Waals surface area contributed by atoms with E-state index in [9.17, 15) is 70.7 Å². The Labute approximate surface area is 183 Å². The van der Waals surface area contributed by atoms with Gasteiger partial charge in [-0.3, -0.25) is 24.0 Å². The summed E-state index contributed by atoms with van der Waals surface area (Å²) in [6, 6.07) is 2.30. The number of halogens is 6. The van der Waals surface area contributed by atoms with Crippen LogP contribution in [0.25, 0.3) is 0 Å². The van der Waals surface area contributed by atoms with Crippen molar-refractivity contribution in [3.63, 3.8) is 0 Å². The van der Waals surface area contributed by atoms with Crippen LogP contribution in [-0.2, 0) is 25.4 Å². The zero-order valence-corrected chi connectivity index (χ0v) is 16.1. The second-order valence-corrected chi connectivity index (χ2v) is 6.82. The van der Waals surface area contributed by atoms with Gasteiger partial charge in [-0.05, 0) is 18.2 Å². The third kappa shape index (κ3) is 3.68. The number of carboxylic acid groups (broad SMARTS) is 4. The molecule has 0 aliphatic heterocycles. The Morgan fingerprint density at radius 3 is 1.44 bits per heavy atom. The molecule has 1 aliphatic rings. The number of carbonyl (C=O) groups is 5. The van der Waals surface area contributed by atoms with Crippen LogP contribution in [0.15, 0.2) is 47.6 Å². The van der Waals surface area contributed by atoms with E-state index in [1.165, 1.54) is 0 Å². The maximum atomic E-state index is 13.8. The number of rotatable bonds is 6. The van der Waals surface area contributed by atoms with E-state index in [0.717, 1.165) is 12.1 Å². The van der Waals surface area contributed by atoms with E-state index in [-0.39, 0.29) is 0 Å². The summed E-state index contributed by atoms with van der Waals surface area (Å²) in [6.45, 7) is 0. The van der Waals surface area contributed by atoms with Gasteiger partial charge in [0.05, 0.1) is 11.1 Å². The maximum Gasteiger partial charge on any atom is 0.417 e. The van der Waals surface area contributed by atoms with Crippen molar-refractivity contribution in [2.75, 3.05) is 0 Å². The maximum absolute atomic E-state index is 13.8. The van der Waals surface area contributed by atoms with Crippen LogP contribution < -0.4 is 0 Å². The van der Waals surface area contributed by atoms with Crippen LogP contribution in [0, 0.1) is 10.8 Å². The highest BCUT2D eigenvalue weighted by Crippen LogP contribution is 2.52. The highest BCUT2D eigenvalue weighted by Gasteiger charge is 2.72. The molecule has 0 atom stereocenters. The molecule has 0 fully saturated rings. The molecule has 0 bridgehead atoms. The number of Topliss-reactive ketones (excluding diaryl/α,β-unsaturated/α-hetero) is 1. The summed E-state index contributed by atoms with van der Waals surface area (Å²) >= 11 is 0. The van der Waals surface area contributed by atoms with Crippen molar-refractivity contribution in [1.29, 1.82) is 0 Å². The predicted octanol–water partition coefficient (Wildman–Crippen LogP) is 2.63. The SMILES string of the molecule is O=C(C1=CC(C(=O)O)(C(=O)O)C(C(=O)O)(C(=O)O)C=C1C(F)(F)F)c1ccccc1C(F)(F)F. The van der Waals surface area contributed by atoms with E-state index < -0.39 is 87.3 Å². The first-order valence-corrected chi connectivity index (χ1v) is 8.53. The summed E-state index contributed by atoms with van der Waals surface area (Å²) in [7, 11) is 0. The predicted molar refractivity (Wildman–Crippen MR) is 93.4 cm³/mol. The minimum absolute atomic E-state index is 0.300. The van der Waals surface area contributed by atoms with Gasteiger partial charge in [-0.1, -0.05) is 18.2 Å². The lowest BCUT2D eigenvalue weighted by atomic mass is 9.58. The van der Waals surface area contributed by atoms with Crippen LogP contribution in [-0.4, -0.2) is 56.3 Å². The first-order valence-electron chi connectivity index (χ1n) is 8.53. The second-order valence-electron chi connectivity index (χ2n) is 6.82. The third-order valence-electron chi connectivity index (χ3n) is 5.01. The van der Waals surface area contributed by atoms with Crippen molar-refractivity contribution in [3.8, 4) is 0 Å². The Bertz CT molecular complexity index is 1150. The third-order valence-corrected chi connectivity index (χ3v) is 5.01. The van der Waals surface area contributed by atoms with Crippen molar-refractivity contribution in [3.05, 3.63) is 58.7 Å². The van der Waals surface area contributed by atoms with Gasteiger partial charge in [-0.2, -0.15) is 26.3 Å². The fraction of sp³-hybridized carbons (Fsp3) is 0.211. The van der Waals surface area contributed by atoms with Gasteiger partial charge in [0, 0.05) is 11.1 Å². The fourth-order valence-electron chi connectivity index (χ4n) is 3.42. The van der Waals surface area contributed by atoms with Gasteiger partial charge < -0.3 is 20.4 Å². The van der Waals surface area contributed by atoms with Gasteiger partial charge in [0.25, 0.3) is 0 Å². The van der Waals surface area contributed by atoms with Crippen molar-refractivity contribution < 1.29 is 70.7 Å². The molecule has 9 nitrogen and oxygen atoms in total. The van der Waals surface area contributed by atoms with Gasteiger partial charge in [-0.15, -0.1) is 0 Å². The quantitative estimate of drug-likeness (QED) is 0.263. The molecule has 2 rings (SSSR count). The smallest absolute Gasteiger partial charge is 0.417 e. The topological polar surface area (TPSA) is 166 Å². The fourth-order valence-corrected chi connectivity index (χ4v) is 3.42. The van der Waals surface area contributed by atoms with E-state index in [0.29, 0.717) is 12.1 Å². The van der Waals surface area contributed by atoms with E-state index in [2.05, 4.69) is 0 Å². The first-order chi connectivity index (χ1) is 15.4. The molecule has 0 spiro atoms. The molecule has 1 aromatic rings. The van der Waals surface area contributed by atoms with Crippen LogP contribution >= 0.6 is 0 Å². The highest BCUT2D eigenvalue weighted by atomic mass is 19.4. The molecule has 182 valence electrons. The number of hydrogen-bond acceptors (Lipinski definition) is 5.